The fourth-order valence-corrected chi connectivity index (χ4v) is 2.51. The zero-order valence-corrected chi connectivity index (χ0v) is 15.9. The molecule has 1 aromatic carbocycles. The van der Waals surface area contributed by atoms with E-state index in [2.05, 4.69) is 4.74 Å². The molecule has 1 unspecified atom stereocenters. The van der Waals surface area contributed by atoms with Crippen molar-refractivity contribution in [3.05, 3.63) is 48.7 Å². The van der Waals surface area contributed by atoms with Gasteiger partial charge in [-0.2, -0.15) is 0 Å². The molecule has 1 heterocycles. The molecule has 0 radical (unpaired) electrons. The Labute approximate surface area is 157 Å². The molecule has 0 bridgehead atoms. The van der Waals surface area contributed by atoms with Crippen molar-refractivity contribution in [2.75, 3.05) is 7.11 Å². The number of ether oxygens (including phenoxy) is 2. The van der Waals surface area contributed by atoms with Crippen molar-refractivity contribution in [1.82, 2.24) is 13.7 Å². The van der Waals surface area contributed by atoms with Crippen LogP contribution in [0.4, 0.5) is 4.39 Å². The van der Waals surface area contributed by atoms with Gasteiger partial charge in [-0.15, -0.1) is 0 Å². The summed E-state index contributed by atoms with van der Waals surface area (Å²) in [7, 11) is 3.88. The van der Waals surface area contributed by atoms with Gasteiger partial charge in [0.25, 0.3) is 0 Å². The summed E-state index contributed by atoms with van der Waals surface area (Å²) in [6.07, 6.45) is -1.04. The van der Waals surface area contributed by atoms with Gasteiger partial charge in [0.05, 0.1) is 17.8 Å². The molecule has 0 saturated heterocycles. The lowest BCUT2D eigenvalue weighted by molar-refractivity contribution is -0.147. The number of benzene rings is 1. The lowest BCUT2D eigenvalue weighted by Crippen LogP contribution is -2.43. The number of esters is 1. The number of methoxy groups -OCH3 is 1. The van der Waals surface area contributed by atoms with Crippen LogP contribution in [-0.4, -0.2) is 32.9 Å². The van der Waals surface area contributed by atoms with Crippen molar-refractivity contribution in [2.24, 2.45) is 14.1 Å². The SMILES string of the molecule is COC(=O)C(C)Oc1cc(-n2c(=O)n(C)c(=S)n(C)c2=O)c(F)cc1Cl. The van der Waals surface area contributed by atoms with E-state index < -0.39 is 35.0 Å². The van der Waals surface area contributed by atoms with Crippen LogP contribution in [0.25, 0.3) is 5.69 Å². The monoisotopic (exact) mass is 403 g/mol. The Balaban J connectivity index is 2.72. The van der Waals surface area contributed by atoms with E-state index in [1.165, 1.54) is 28.1 Å². The minimum absolute atomic E-state index is 0.0265. The summed E-state index contributed by atoms with van der Waals surface area (Å²) >= 11 is 10.9. The standard InChI is InChI=1S/C15H15ClFN3O5S/c1-7(12(21)24-4)25-11-6-10(9(17)5-8(11)16)20-13(22)18(2)15(26)19(3)14(20)23/h5-7H,1-4H3. The molecule has 0 amide bonds. The van der Waals surface area contributed by atoms with E-state index in [9.17, 15) is 18.8 Å². The van der Waals surface area contributed by atoms with Gasteiger partial charge in [0.2, 0.25) is 0 Å². The summed E-state index contributed by atoms with van der Waals surface area (Å²) in [5, 5.41) is -0.142. The Morgan fingerprint density at radius 1 is 1.23 bits per heavy atom. The van der Waals surface area contributed by atoms with E-state index in [4.69, 9.17) is 28.6 Å². The fourth-order valence-electron chi connectivity index (χ4n) is 2.16. The first-order valence-corrected chi connectivity index (χ1v) is 8.01. The van der Waals surface area contributed by atoms with Gasteiger partial charge in [-0.25, -0.2) is 23.3 Å². The number of rotatable bonds is 4. The van der Waals surface area contributed by atoms with E-state index >= 15 is 0 Å². The summed E-state index contributed by atoms with van der Waals surface area (Å²) in [5.74, 6) is -1.70. The molecule has 0 N–H and O–H groups in total. The third-order valence-electron chi connectivity index (χ3n) is 3.61. The molecule has 8 nitrogen and oxygen atoms in total. The molecule has 2 aromatic rings. The van der Waals surface area contributed by atoms with Gasteiger partial charge in [-0.3, -0.25) is 9.13 Å². The van der Waals surface area contributed by atoms with Crippen LogP contribution >= 0.6 is 23.8 Å². The molecule has 2 rings (SSSR count). The van der Waals surface area contributed by atoms with Gasteiger partial charge in [0.15, 0.2) is 10.9 Å². The third-order valence-corrected chi connectivity index (χ3v) is 4.45. The zero-order valence-electron chi connectivity index (χ0n) is 14.3. The summed E-state index contributed by atoms with van der Waals surface area (Å²) in [5.41, 5.74) is -2.07. The highest BCUT2D eigenvalue weighted by Gasteiger charge is 2.21. The van der Waals surface area contributed by atoms with Gasteiger partial charge in [-0.05, 0) is 25.2 Å². The molecule has 1 atom stereocenters. The van der Waals surface area contributed by atoms with Crippen molar-refractivity contribution in [1.29, 1.82) is 0 Å². The van der Waals surface area contributed by atoms with Crippen LogP contribution in [0, 0.1) is 10.6 Å². The minimum atomic E-state index is -1.04. The van der Waals surface area contributed by atoms with Crippen molar-refractivity contribution in [3.8, 4) is 11.4 Å². The number of hydrogen-bond donors (Lipinski definition) is 0. The van der Waals surface area contributed by atoms with Crippen molar-refractivity contribution in [3.63, 3.8) is 0 Å². The molecule has 0 aliphatic carbocycles. The Bertz CT molecular complexity index is 1020. The minimum Gasteiger partial charge on any atom is -0.477 e. The van der Waals surface area contributed by atoms with Crippen molar-refractivity contribution < 1.29 is 18.7 Å². The highest BCUT2D eigenvalue weighted by Crippen LogP contribution is 2.29. The Morgan fingerprint density at radius 2 is 1.77 bits per heavy atom. The molecule has 0 spiro atoms. The summed E-state index contributed by atoms with van der Waals surface area (Å²) in [6.45, 7) is 1.41. The van der Waals surface area contributed by atoms with Crippen LogP contribution in [0.1, 0.15) is 6.92 Å². The van der Waals surface area contributed by atoms with E-state index in [-0.39, 0.29) is 15.5 Å². The summed E-state index contributed by atoms with van der Waals surface area (Å²) < 4.78 is 26.9. The van der Waals surface area contributed by atoms with E-state index in [0.717, 1.165) is 21.3 Å². The molecule has 0 aliphatic rings. The van der Waals surface area contributed by atoms with E-state index in [0.29, 0.717) is 4.57 Å². The molecule has 140 valence electrons. The molecule has 0 aliphatic heterocycles. The Morgan fingerprint density at radius 3 is 2.27 bits per heavy atom. The highest BCUT2D eigenvalue weighted by atomic mass is 35.5. The predicted molar refractivity (Wildman–Crippen MR) is 94.2 cm³/mol. The lowest BCUT2D eigenvalue weighted by Gasteiger charge is -2.16. The second-order valence-corrected chi connectivity index (χ2v) is 6.09. The molecule has 1 aromatic heterocycles. The maximum Gasteiger partial charge on any atom is 0.346 e. The molecule has 11 heteroatoms. The number of carbonyl (C=O) groups excluding carboxylic acids is 1. The largest absolute Gasteiger partial charge is 0.477 e. The van der Waals surface area contributed by atoms with Gasteiger partial charge in [0.1, 0.15) is 11.6 Å². The first-order chi connectivity index (χ1) is 12.1. The average Bonchev–Trinajstić information content (AvgIpc) is 2.61. The van der Waals surface area contributed by atoms with Crippen LogP contribution in [-0.2, 0) is 23.6 Å². The fraction of sp³-hybridized carbons (Fsp3) is 0.333. The topological polar surface area (TPSA) is 84.5 Å². The number of nitrogens with zero attached hydrogens (tertiary/aromatic N) is 3. The molecular formula is C15H15ClFN3O5S. The van der Waals surface area contributed by atoms with Gasteiger partial charge in [-0.1, -0.05) is 11.6 Å². The second kappa shape index (κ2) is 7.42. The van der Waals surface area contributed by atoms with Crippen LogP contribution in [0.15, 0.2) is 21.7 Å². The van der Waals surface area contributed by atoms with Crippen LogP contribution in [0.2, 0.25) is 5.02 Å². The molecule has 0 saturated carbocycles. The number of carbonyl (C=O) groups is 1. The third kappa shape index (κ3) is 3.42. The van der Waals surface area contributed by atoms with Gasteiger partial charge in [0, 0.05) is 20.2 Å². The number of halogens is 2. The number of hydrogen-bond acceptors (Lipinski definition) is 6. The van der Waals surface area contributed by atoms with E-state index in [1.54, 1.807) is 0 Å². The van der Waals surface area contributed by atoms with Crippen LogP contribution in [0.3, 0.4) is 0 Å². The molecule has 26 heavy (non-hydrogen) atoms. The maximum atomic E-state index is 14.4. The lowest BCUT2D eigenvalue weighted by atomic mass is 10.2. The van der Waals surface area contributed by atoms with Crippen LogP contribution in [0.5, 0.6) is 5.75 Å². The highest BCUT2D eigenvalue weighted by molar-refractivity contribution is 7.71. The van der Waals surface area contributed by atoms with Gasteiger partial charge < -0.3 is 9.47 Å². The summed E-state index contributed by atoms with van der Waals surface area (Å²) in [4.78, 5) is 36.3. The smallest absolute Gasteiger partial charge is 0.346 e. The Hall–Kier alpha value is -2.46. The van der Waals surface area contributed by atoms with Crippen LogP contribution < -0.4 is 16.1 Å². The number of aromatic nitrogens is 3. The first-order valence-electron chi connectivity index (χ1n) is 7.23. The average molecular weight is 404 g/mol. The molecular weight excluding hydrogens is 389 g/mol. The predicted octanol–water partition coefficient (Wildman–Crippen LogP) is 1.34. The van der Waals surface area contributed by atoms with E-state index in [1.807, 2.05) is 0 Å². The van der Waals surface area contributed by atoms with Gasteiger partial charge >= 0.3 is 17.3 Å². The summed E-state index contributed by atoms with van der Waals surface area (Å²) in [6, 6.07) is 1.94. The maximum absolute atomic E-state index is 14.4. The quantitative estimate of drug-likeness (QED) is 0.565. The Kier molecular flexibility index (Phi) is 5.67. The normalized spacial score (nSPS) is 11.9. The second-order valence-electron chi connectivity index (χ2n) is 5.32. The molecule has 0 fully saturated rings. The van der Waals surface area contributed by atoms with Crippen molar-refractivity contribution in [2.45, 2.75) is 13.0 Å². The zero-order chi connectivity index (χ0) is 19.8. The first kappa shape index (κ1) is 19.9. The van der Waals surface area contributed by atoms with Crippen molar-refractivity contribution >= 4 is 29.8 Å².